The summed E-state index contributed by atoms with van der Waals surface area (Å²) in [6.07, 6.45) is 5.56. The van der Waals surface area contributed by atoms with E-state index in [4.69, 9.17) is 9.47 Å². The maximum atomic E-state index is 5.22. The van der Waals surface area contributed by atoms with E-state index in [2.05, 4.69) is 6.58 Å². The standard InChI is InChI=1S/C9H12O2.C2H6/c1-3-5-8-6-10-7-11-9(8)4-2;1-2/h3-5H,1,6-7H2,2H3;1-2H3/b8-5-,9-4+;. The normalized spacial score (nSPS) is 21.8. The van der Waals surface area contributed by atoms with Crippen molar-refractivity contribution in [1.29, 1.82) is 0 Å². The number of ether oxygens (including phenoxy) is 2. The van der Waals surface area contributed by atoms with Crippen LogP contribution in [0, 0.1) is 0 Å². The molecule has 0 aliphatic carbocycles. The van der Waals surface area contributed by atoms with Crippen molar-refractivity contribution >= 4 is 0 Å². The molecule has 1 saturated heterocycles. The second-order valence-corrected chi connectivity index (χ2v) is 2.19. The summed E-state index contributed by atoms with van der Waals surface area (Å²) >= 11 is 0. The van der Waals surface area contributed by atoms with Gasteiger partial charge in [0.25, 0.3) is 0 Å². The van der Waals surface area contributed by atoms with Gasteiger partial charge >= 0.3 is 0 Å². The van der Waals surface area contributed by atoms with E-state index >= 15 is 0 Å². The van der Waals surface area contributed by atoms with Crippen molar-refractivity contribution in [3.8, 4) is 0 Å². The first-order valence-corrected chi connectivity index (χ1v) is 4.57. The molecule has 0 atom stereocenters. The van der Waals surface area contributed by atoms with Gasteiger partial charge in [0.05, 0.1) is 6.61 Å². The molecule has 0 spiro atoms. The summed E-state index contributed by atoms with van der Waals surface area (Å²) < 4.78 is 10.3. The van der Waals surface area contributed by atoms with Gasteiger partial charge in [-0.15, -0.1) is 0 Å². The van der Waals surface area contributed by atoms with Gasteiger partial charge in [-0.1, -0.05) is 32.6 Å². The van der Waals surface area contributed by atoms with Crippen LogP contribution in [0.15, 0.2) is 36.1 Å². The highest BCUT2D eigenvalue weighted by Crippen LogP contribution is 2.16. The zero-order chi connectivity index (χ0) is 10.1. The molecule has 0 N–H and O–H groups in total. The molecule has 2 nitrogen and oxygen atoms in total. The molecule has 1 aliphatic rings. The lowest BCUT2D eigenvalue weighted by atomic mass is 10.2. The van der Waals surface area contributed by atoms with E-state index in [0.717, 1.165) is 11.3 Å². The Kier molecular flexibility index (Phi) is 7.02. The number of hydrogen-bond acceptors (Lipinski definition) is 2. The van der Waals surface area contributed by atoms with Crippen LogP contribution in [-0.2, 0) is 9.47 Å². The fourth-order valence-corrected chi connectivity index (χ4v) is 0.962. The summed E-state index contributed by atoms with van der Waals surface area (Å²) in [6, 6.07) is 0. The molecule has 0 radical (unpaired) electrons. The summed E-state index contributed by atoms with van der Waals surface area (Å²) in [5.41, 5.74) is 1.05. The molecular formula is C11H18O2. The average molecular weight is 182 g/mol. The van der Waals surface area contributed by atoms with Crippen LogP contribution in [-0.4, -0.2) is 13.4 Å². The van der Waals surface area contributed by atoms with E-state index in [-0.39, 0.29) is 0 Å². The zero-order valence-corrected chi connectivity index (χ0v) is 8.67. The van der Waals surface area contributed by atoms with Crippen molar-refractivity contribution in [3.05, 3.63) is 36.1 Å². The zero-order valence-electron chi connectivity index (χ0n) is 8.67. The molecule has 0 bridgehead atoms. The molecule has 0 aromatic carbocycles. The summed E-state index contributed by atoms with van der Waals surface area (Å²) in [5, 5.41) is 0. The lowest BCUT2D eigenvalue weighted by Crippen LogP contribution is -2.13. The predicted molar refractivity (Wildman–Crippen MR) is 55.3 cm³/mol. The molecule has 1 rings (SSSR count). The first-order valence-electron chi connectivity index (χ1n) is 4.57. The van der Waals surface area contributed by atoms with Gasteiger partial charge in [-0.05, 0) is 13.0 Å². The Labute approximate surface area is 80.5 Å². The molecule has 0 unspecified atom stereocenters. The first kappa shape index (κ1) is 12.0. The van der Waals surface area contributed by atoms with Crippen LogP contribution < -0.4 is 0 Å². The van der Waals surface area contributed by atoms with Gasteiger partial charge in [0.15, 0.2) is 6.79 Å². The van der Waals surface area contributed by atoms with E-state index in [1.54, 1.807) is 6.08 Å². The number of allylic oxidation sites excluding steroid dienone is 3. The largest absolute Gasteiger partial charge is 0.468 e. The van der Waals surface area contributed by atoms with Gasteiger partial charge in [0.1, 0.15) is 5.76 Å². The van der Waals surface area contributed by atoms with Crippen LogP contribution in [0.2, 0.25) is 0 Å². The molecular weight excluding hydrogens is 164 g/mol. The highest BCUT2D eigenvalue weighted by Gasteiger charge is 2.10. The molecule has 74 valence electrons. The lowest BCUT2D eigenvalue weighted by molar-refractivity contribution is -0.0370. The summed E-state index contributed by atoms with van der Waals surface area (Å²) in [7, 11) is 0. The van der Waals surface area contributed by atoms with E-state index in [9.17, 15) is 0 Å². The molecule has 1 aliphatic heterocycles. The highest BCUT2D eigenvalue weighted by atomic mass is 16.7. The average Bonchev–Trinajstić information content (AvgIpc) is 2.22. The fourth-order valence-electron chi connectivity index (χ4n) is 0.962. The molecule has 1 heterocycles. The maximum absolute atomic E-state index is 5.22. The van der Waals surface area contributed by atoms with Crippen LogP contribution in [0.1, 0.15) is 20.8 Å². The van der Waals surface area contributed by atoms with Crippen molar-refractivity contribution in [3.63, 3.8) is 0 Å². The van der Waals surface area contributed by atoms with Crippen LogP contribution in [0.25, 0.3) is 0 Å². The highest BCUT2D eigenvalue weighted by molar-refractivity contribution is 5.29. The molecule has 0 aromatic rings. The quantitative estimate of drug-likeness (QED) is 0.620. The Morgan fingerprint density at radius 2 is 2.08 bits per heavy atom. The van der Waals surface area contributed by atoms with Crippen molar-refractivity contribution in [2.24, 2.45) is 0 Å². The van der Waals surface area contributed by atoms with Crippen molar-refractivity contribution in [2.75, 3.05) is 13.4 Å². The maximum Gasteiger partial charge on any atom is 0.189 e. The second kappa shape index (κ2) is 7.62. The van der Waals surface area contributed by atoms with E-state index in [1.165, 1.54) is 0 Å². The van der Waals surface area contributed by atoms with Crippen molar-refractivity contribution in [1.82, 2.24) is 0 Å². The van der Waals surface area contributed by atoms with Gasteiger partial charge in [-0.2, -0.15) is 0 Å². The van der Waals surface area contributed by atoms with E-state index in [0.29, 0.717) is 13.4 Å². The Bertz CT molecular complexity index is 202. The minimum absolute atomic E-state index is 0.355. The van der Waals surface area contributed by atoms with Gasteiger partial charge in [-0.25, -0.2) is 0 Å². The molecule has 0 amide bonds. The molecule has 0 saturated carbocycles. The van der Waals surface area contributed by atoms with Gasteiger partial charge in [-0.3, -0.25) is 0 Å². The summed E-state index contributed by atoms with van der Waals surface area (Å²) in [4.78, 5) is 0. The van der Waals surface area contributed by atoms with E-state index < -0.39 is 0 Å². The van der Waals surface area contributed by atoms with Gasteiger partial charge in [0, 0.05) is 5.57 Å². The van der Waals surface area contributed by atoms with Gasteiger partial charge < -0.3 is 9.47 Å². The first-order chi connectivity index (χ1) is 6.38. The Hall–Kier alpha value is -1.02. The summed E-state index contributed by atoms with van der Waals surface area (Å²) in [6.45, 7) is 10.5. The van der Waals surface area contributed by atoms with Crippen molar-refractivity contribution in [2.45, 2.75) is 20.8 Å². The minimum atomic E-state index is 0.355. The predicted octanol–water partition coefficient (Wildman–Crippen LogP) is 3.03. The van der Waals surface area contributed by atoms with Crippen LogP contribution >= 0.6 is 0 Å². The Balaban J connectivity index is 0.000000671. The second-order valence-electron chi connectivity index (χ2n) is 2.19. The monoisotopic (exact) mass is 182 g/mol. The summed E-state index contributed by atoms with van der Waals surface area (Å²) in [5.74, 6) is 0.899. The lowest BCUT2D eigenvalue weighted by Gasteiger charge is -2.19. The minimum Gasteiger partial charge on any atom is -0.468 e. The van der Waals surface area contributed by atoms with Crippen LogP contribution in [0.3, 0.4) is 0 Å². The number of hydrogen-bond donors (Lipinski definition) is 0. The van der Waals surface area contributed by atoms with Crippen LogP contribution in [0.5, 0.6) is 0 Å². The Morgan fingerprint density at radius 3 is 2.62 bits per heavy atom. The molecule has 13 heavy (non-hydrogen) atoms. The van der Waals surface area contributed by atoms with Crippen LogP contribution in [0.4, 0.5) is 0 Å². The third kappa shape index (κ3) is 3.95. The SMILES string of the molecule is C=C/C=C1/COCO/C1=C/C.CC. The van der Waals surface area contributed by atoms with E-state index in [1.807, 2.05) is 32.9 Å². The van der Waals surface area contributed by atoms with Gasteiger partial charge in [0.2, 0.25) is 0 Å². The Morgan fingerprint density at radius 1 is 1.38 bits per heavy atom. The molecule has 1 fully saturated rings. The number of rotatable bonds is 1. The fraction of sp³-hybridized carbons (Fsp3) is 0.455. The smallest absolute Gasteiger partial charge is 0.189 e. The topological polar surface area (TPSA) is 18.5 Å². The third-order valence-electron chi connectivity index (χ3n) is 1.45. The molecule has 0 aromatic heterocycles. The molecule has 2 heteroatoms. The van der Waals surface area contributed by atoms with Crippen molar-refractivity contribution < 1.29 is 9.47 Å². The third-order valence-corrected chi connectivity index (χ3v) is 1.45.